The van der Waals surface area contributed by atoms with Gasteiger partial charge in [0.1, 0.15) is 0 Å². The number of hydrogen-bond acceptors (Lipinski definition) is 2. The van der Waals surface area contributed by atoms with Crippen molar-refractivity contribution in [2.24, 2.45) is 16.6 Å². The molecule has 1 aliphatic carbocycles. The molecule has 0 bridgehead atoms. The van der Waals surface area contributed by atoms with Crippen molar-refractivity contribution in [3.05, 3.63) is 0 Å². The number of guanidine groups is 1. The topological polar surface area (TPSA) is 59.6 Å². The first-order valence-electron chi connectivity index (χ1n) is 7.58. The van der Waals surface area contributed by atoms with Crippen molar-refractivity contribution in [3.8, 4) is 0 Å². The molecule has 0 aromatic heterocycles. The number of hydrogen-bond donors (Lipinski definition) is 2. The first kappa shape index (κ1) is 15.5. The van der Waals surface area contributed by atoms with Gasteiger partial charge < -0.3 is 15.8 Å². The van der Waals surface area contributed by atoms with Crippen LogP contribution < -0.4 is 11.1 Å². The second-order valence-corrected chi connectivity index (χ2v) is 5.91. The van der Waals surface area contributed by atoms with E-state index < -0.39 is 5.92 Å². The van der Waals surface area contributed by atoms with E-state index in [1.165, 1.54) is 0 Å². The zero-order valence-corrected chi connectivity index (χ0v) is 11.9. The molecule has 2 aliphatic rings. The number of halogens is 2. The Morgan fingerprint density at radius 3 is 2.90 bits per heavy atom. The molecule has 2 atom stereocenters. The summed E-state index contributed by atoms with van der Waals surface area (Å²) in [5.74, 6) is -2.25. The van der Waals surface area contributed by atoms with Crippen LogP contribution in [0.1, 0.15) is 44.9 Å². The van der Waals surface area contributed by atoms with Gasteiger partial charge in [0.15, 0.2) is 5.96 Å². The first-order chi connectivity index (χ1) is 9.55. The van der Waals surface area contributed by atoms with Crippen molar-refractivity contribution in [3.63, 3.8) is 0 Å². The minimum atomic E-state index is -2.53. The molecule has 20 heavy (non-hydrogen) atoms. The Hall–Kier alpha value is -0.910. The van der Waals surface area contributed by atoms with E-state index in [0.29, 0.717) is 25.5 Å². The predicted molar refractivity (Wildman–Crippen MR) is 75.0 cm³/mol. The Balaban J connectivity index is 1.72. The molecule has 0 aromatic rings. The predicted octanol–water partition coefficient (Wildman–Crippen LogP) is 2.29. The molecule has 0 amide bonds. The summed E-state index contributed by atoms with van der Waals surface area (Å²) >= 11 is 0. The summed E-state index contributed by atoms with van der Waals surface area (Å²) < 4.78 is 32.4. The number of nitrogens with one attached hydrogen (secondary N) is 1. The molecule has 0 aromatic carbocycles. The number of ether oxygens (including phenoxy) is 1. The number of aliphatic imine (C=N–C) groups is 1. The van der Waals surface area contributed by atoms with Crippen molar-refractivity contribution in [2.45, 2.75) is 57.0 Å². The molecule has 1 saturated heterocycles. The van der Waals surface area contributed by atoms with E-state index >= 15 is 0 Å². The van der Waals surface area contributed by atoms with Crippen LogP contribution in [0.3, 0.4) is 0 Å². The van der Waals surface area contributed by atoms with Gasteiger partial charge in [-0.25, -0.2) is 8.78 Å². The quantitative estimate of drug-likeness (QED) is 0.474. The van der Waals surface area contributed by atoms with Crippen molar-refractivity contribution < 1.29 is 13.5 Å². The molecule has 1 saturated carbocycles. The summed E-state index contributed by atoms with van der Waals surface area (Å²) in [6.45, 7) is 1.84. The maximum Gasteiger partial charge on any atom is 0.248 e. The fourth-order valence-corrected chi connectivity index (χ4v) is 2.91. The fourth-order valence-electron chi connectivity index (χ4n) is 2.91. The number of alkyl halides is 2. The molecule has 2 fully saturated rings. The van der Waals surface area contributed by atoms with Gasteiger partial charge in [-0.1, -0.05) is 6.42 Å². The monoisotopic (exact) mass is 289 g/mol. The van der Waals surface area contributed by atoms with Gasteiger partial charge in [-0.2, -0.15) is 0 Å². The van der Waals surface area contributed by atoms with Gasteiger partial charge in [-0.3, -0.25) is 4.99 Å². The molecular weight excluding hydrogens is 264 g/mol. The molecule has 2 rings (SSSR count). The van der Waals surface area contributed by atoms with Crippen molar-refractivity contribution >= 4 is 5.96 Å². The van der Waals surface area contributed by atoms with Crippen LogP contribution in [0.5, 0.6) is 0 Å². The summed E-state index contributed by atoms with van der Waals surface area (Å²) in [6.07, 6.45) is 4.56. The minimum Gasteiger partial charge on any atom is -0.376 e. The summed E-state index contributed by atoms with van der Waals surface area (Å²) in [6, 6.07) is 0. The van der Waals surface area contributed by atoms with Crippen LogP contribution in [-0.4, -0.2) is 37.7 Å². The van der Waals surface area contributed by atoms with E-state index in [1.807, 2.05) is 0 Å². The van der Waals surface area contributed by atoms with Gasteiger partial charge in [0.2, 0.25) is 5.92 Å². The van der Waals surface area contributed by atoms with Crippen LogP contribution in [0.2, 0.25) is 0 Å². The zero-order chi connectivity index (χ0) is 14.4. The lowest BCUT2D eigenvalue weighted by atomic mass is 9.99. The van der Waals surface area contributed by atoms with Gasteiger partial charge in [0, 0.05) is 32.5 Å². The Kier molecular flexibility index (Phi) is 5.57. The molecule has 3 N–H and O–H groups in total. The highest BCUT2D eigenvalue weighted by Crippen LogP contribution is 2.35. The SMILES string of the molecule is NC(=NCC1CCCCC(F)(F)C1)NCC1CCCO1. The average Bonchev–Trinajstić information content (AvgIpc) is 2.85. The van der Waals surface area contributed by atoms with Crippen LogP contribution in [0.15, 0.2) is 4.99 Å². The lowest BCUT2D eigenvalue weighted by molar-refractivity contribution is -0.0241. The van der Waals surface area contributed by atoms with Crippen molar-refractivity contribution in [2.75, 3.05) is 19.7 Å². The van der Waals surface area contributed by atoms with E-state index in [0.717, 1.165) is 32.3 Å². The Morgan fingerprint density at radius 2 is 2.15 bits per heavy atom. The number of rotatable bonds is 4. The van der Waals surface area contributed by atoms with Crippen LogP contribution in [0, 0.1) is 5.92 Å². The molecule has 2 unspecified atom stereocenters. The molecule has 116 valence electrons. The van der Waals surface area contributed by atoms with E-state index in [9.17, 15) is 8.78 Å². The van der Waals surface area contributed by atoms with E-state index in [-0.39, 0.29) is 24.9 Å². The highest BCUT2D eigenvalue weighted by molar-refractivity contribution is 5.77. The standard InChI is InChI=1S/C14H25F2N3O/c15-14(16)6-2-1-4-11(8-14)9-18-13(17)19-10-12-5-3-7-20-12/h11-12H,1-10H2,(H3,17,18,19). The second-order valence-electron chi connectivity index (χ2n) is 5.91. The van der Waals surface area contributed by atoms with Crippen LogP contribution in [0.4, 0.5) is 8.78 Å². The fraction of sp³-hybridized carbons (Fsp3) is 0.929. The maximum absolute atomic E-state index is 13.5. The molecule has 0 radical (unpaired) electrons. The van der Waals surface area contributed by atoms with E-state index in [4.69, 9.17) is 10.5 Å². The van der Waals surface area contributed by atoms with Crippen LogP contribution >= 0.6 is 0 Å². The van der Waals surface area contributed by atoms with Gasteiger partial charge >= 0.3 is 0 Å². The highest BCUT2D eigenvalue weighted by Gasteiger charge is 2.34. The average molecular weight is 289 g/mol. The maximum atomic E-state index is 13.5. The highest BCUT2D eigenvalue weighted by atomic mass is 19.3. The Labute approximate surface area is 119 Å². The van der Waals surface area contributed by atoms with Crippen molar-refractivity contribution in [1.82, 2.24) is 5.32 Å². The van der Waals surface area contributed by atoms with Gasteiger partial charge in [-0.05, 0) is 31.6 Å². The van der Waals surface area contributed by atoms with Crippen LogP contribution in [0.25, 0.3) is 0 Å². The number of nitrogens with two attached hydrogens (primary N) is 1. The second kappa shape index (κ2) is 7.20. The van der Waals surface area contributed by atoms with Gasteiger partial charge in [0.25, 0.3) is 0 Å². The third kappa shape index (κ3) is 5.23. The molecule has 6 heteroatoms. The first-order valence-corrected chi connectivity index (χ1v) is 7.58. The summed E-state index contributed by atoms with van der Waals surface area (Å²) in [7, 11) is 0. The van der Waals surface area contributed by atoms with E-state index in [1.54, 1.807) is 0 Å². The molecule has 0 spiro atoms. The Morgan fingerprint density at radius 1 is 1.30 bits per heavy atom. The van der Waals surface area contributed by atoms with E-state index in [2.05, 4.69) is 10.3 Å². The lowest BCUT2D eigenvalue weighted by Gasteiger charge is -2.18. The zero-order valence-electron chi connectivity index (χ0n) is 11.9. The molecule has 4 nitrogen and oxygen atoms in total. The third-order valence-electron chi connectivity index (χ3n) is 4.05. The third-order valence-corrected chi connectivity index (χ3v) is 4.05. The Bertz CT molecular complexity index is 330. The summed E-state index contributed by atoms with van der Waals surface area (Å²) in [5.41, 5.74) is 5.77. The summed E-state index contributed by atoms with van der Waals surface area (Å²) in [4.78, 5) is 4.21. The van der Waals surface area contributed by atoms with Gasteiger partial charge in [0.05, 0.1) is 6.10 Å². The number of nitrogens with zero attached hydrogens (tertiary/aromatic N) is 1. The molecular formula is C14H25F2N3O. The summed E-state index contributed by atoms with van der Waals surface area (Å²) in [5, 5.41) is 3.02. The van der Waals surface area contributed by atoms with Gasteiger partial charge in [-0.15, -0.1) is 0 Å². The smallest absolute Gasteiger partial charge is 0.248 e. The molecule has 1 aliphatic heterocycles. The van der Waals surface area contributed by atoms with Crippen molar-refractivity contribution in [1.29, 1.82) is 0 Å². The lowest BCUT2D eigenvalue weighted by Crippen LogP contribution is -2.37. The normalized spacial score (nSPS) is 31.0. The minimum absolute atomic E-state index is 0.0139. The van der Waals surface area contributed by atoms with Crippen LogP contribution in [-0.2, 0) is 4.74 Å². The largest absolute Gasteiger partial charge is 0.376 e. The molecule has 1 heterocycles.